The van der Waals surface area contributed by atoms with Gasteiger partial charge in [0.25, 0.3) is 0 Å². The summed E-state index contributed by atoms with van der Waals surface area (Å²) < 4.78 is 31.6. The molecular formula is C22H35FN4O2S. The van der Waals surface area contributed by atoms with E-state index >= 15 is 0 Å². The van der Waals surface area contributed by atoms with Gasteiger partial charge in [-0.25, -0.2) is 4.39 Å². The van der Waals surface area contributed by atoms with Gasteiger partial charge in [-0.3, -0.25) is 14.1 Å². The SMILES string of the molecule is CCS(=O)C1CCCC(NC(=NC)NCC(c2cccc(F)c2)N2CCOCC2)C1. The molecule has 0 aromatic heterocycles. The van der Waals surface area contributed by atoms with Crippen LogP contribution in [0, 0.1) is 5.82 Å². The predicted molar refractivity (Wildman–Crippen MR) is 121 cm³/mol. The Morgan fingerprint density at radius 1 is 1.37 bits per heavy atom. The lowest BCUT2D eigenvalue weighted by atomic mass is 9.95. The second kappa shape index (κ2) is 11.8. The third-order valence-corrected chi connectivity index (χ3v) is 7.77. The Hall–Kier alpha value is -1.51. The molecule has 1 heterocycles. The lowest BCUT2D eigenvalue weighted by molar-refractivity contribution is 0.0169. The second-order valence-electron chi connectivity index (χ2n) is 7.97. The van der Waals surface area contributed by atoms with E-state index in [1.807, 2.05) is 13.0 Å². The van der Waals surface area contributed by atoms with Crippen LogP contribution in [0.2, 0.25) is 0 Å². The van der Waals surface area contributed by atoms with Gasteiger partial charge in [0.15, 0.2) is 5.96 Å². The summed E-state index contributed by atoms with van der Waals surface area (Å²) in [5, 5.41) is 7.24. The van der Waals surface area contributed by atoms with Crippen LogP contribution in [0.25, 0.3) is 0 Å². The molecule has 2 aliphatic rings. The van der Waals surface area contributed by atoms with Gasteiger partial charge in [-0.15, -0.1) is 0 Å². The first-order valence-electron chi connectivity index (χ1n) is 11.0. The van der Waals surface area contributed by atoms with Crippen LogP contribution in [0.5, 0.6) is 0 Å². The summed E-state index contributed by atoms with van der Waals surface area (Å²) in [5.41, 5.74) is 0.955. The van der Waals surface area contributed by atoms with Crippen LogP contribution >= 0.6 is 0 Å². The lowest BCUT2D eigenvalue weighted by Crippen LogP contribution is -2.49. The predicted octanol–water partition coefficient (Wildman–Crippen LogP) is 2.44. The highest BCUT2D eigenvalue weighted by Crippen LogP contribution is 2.24. The summed E-state index contributed by atoms with van der Waals surface area (Å²) in [6.07, 6.45) is 4.11. The molecule has 8 heteroatoms. The molecular weight excluding hydrogens is 403 g/mol. The molecule has 1 aliphatic heterocycles. The zero-order chi connectivity index (χ0) is 21.3. The fourth-order valence-corrected chi connectivity index (χ4v) is 5.74. The number of guanidine groups is 1. The van der Waals surface area contributed by atoms with E-state index in [0.29, 0.717) is 19.8 Å². The number of aliphatic imine (C=N–C) groups is 1. The molecule has 0 amide bonds. The quantitative estimate of drug-likeness (QED) is 0.506. The molecule has 2 N–H and O–H groups in total. The van der Waals surface area contributed by atoms with E-state index in [0.717, 1.165) is 56.0 Å². The van der Waals surface area contributed by atoms with E-state index in [4.69, 9.17) is 4.74 Å². The number of halogens is 1. The van der Waals surface area contributed by atoms with Gasteiger partial charge >= 0.3 is 0 Å². The summed E-state index contributed by atoms with van der Waals surface area (Å²) in [4.78, 5) is 6.73. The Balaban J connectivity index is 1.62. The standard InChI is InChI=1S/C22H35FN4O2S/c1-3-30(28)20-9-5-8-19(15-20)26-22(24-2)25-16-21(27-10-12-29-13-11-27)17-6-4-7-18(23)14-17/h4,6-7,14,19-21H,3,5,8-13,15-16H2,1-2H3,(H2,24,25,26). The highest BCUT2D eigenvalue weighted by Gasteiger charge is 2.27. The molecule has 3 rings (SSSR count). The van der Waals surface area contributed by atoms with Crippen LogP contribution in [0.4, 0.5) is 4.39 Å². The van der Waals surface area contributed by atoms with Gasteiger partial charge in [-0.2, -0.15) is 0 Å². The van der Waals surface area contributed by atoms with E-state index in [1.54, 1.807) is 19.2 Å². The molecule has 168 valence electrons. The number of nitrogens with one attached hydrogen (secondary N) is 2. The van der Waals surface area contributed by atoms with Crippen molar-refractivity contribution in [1.29, 1.82) is 0 Å². The lowest BCUT2D eigenvalue weighted by Gasteiger charge is -2.35. The third-order valence-electron chi connectivity index (χ3n) is 6.03. The summed E-state index contributed by atoms with van der Waals surface area (Å²) in [6.45, 7) is 5.64. The molecule has 1 saturated heterocycles. The van der Waals surface area contributed by atoms with Crippen LogP contribution in [-0.4, -0.2) is 72.0 Å². The van der Waals surface area contributed by atoms with Crippen LogP contribution in [-0.2, 0) is 15.5 Å². The van der Waals surface area contributed by atoms with Crippen molar-refractivity contribution >= 4 is 16.8 Å². The van der Waals surface area contributed by atoms with E-state index in [9.17, 15) is 8.60 Å². The maximum Gasteiger partial charge on any atom is 0.191 e. The average Bonchev–Trinajstić information content (AvgIpc) is 2.79. The second-order valence-corrected chi connectivity index (χ2v) is 9.98. The molecule has 1 aromatic rings. The Labute approximate surface area is 182 Å². The van der Waals surface area contributed by atoms with Gasteiger partial charge in [0.1, 0.15) is 5.82 Å². The number of rotatable bonds is 7. The minimum atomic E-state index is -0.747. The molecule has 0 radical (unpaired) electrons. The fraction of sp³-hybridized carbons (Fsp3) is 0.682. The van der Waals surface area contributed by atoms with Crippen LogP contribution in [0.15, 0.2) is 29.3 Å². The summed E-state index contributed by atoms with van der Waals surface area (Å²) in [7, 11) is 1.02. The number of morpholine rings is 1. The molecule has 4 unspecified atom stereocenters. The van der Waals surface area contributed by atoms with Crippen LogP contribution in [0.3, 0.4) is 0 Å². The first-order chi connectivity index (χ1) is 14.6. The maximum absolute atomic E-state index is 13.9. The fourth-order valence-electron chi connectivity index (χ4n) is 4.39. The Bertz CT molecular complexity index is 727. The number of hydrogen-bond acceptors (Lipinski definition) is 4. The van der Waals surface area contributed by atoms with Crippen molar-refractivity contribution in [3.63, 3.8) is 0 Å². The molecule has 2 fully saturated rings. The zero-order valence-electron chi connectivity index (χ0n) is 18.1. The van der Waals surface area contributed by atoms with Crippen molar-refractivity contribution < 1.29 is 13.3 Å². The Morgan fingerprint density at radius 3 is 2.87 bits per heavy atom. The smallest absolute Gasteiger partial charge is 0.191 e. The van der Waals surface area contributed by atoms with Crippen molar-refractivity contribution in [1.82, 2.24) is 15.5 Å². The molecule has 4 atom stereocenters. The Kier molecular flexibility index (Phi) is 9.08. The van der Waals surface area contributed by atoms with Gasteiger partial charge in [0, 0.05) is 54.5 Å². The summed E-state index contributed by atoms with van der Waals surface area (Å²) in [5.74, 6) is 1.25. The normalized spacial score (nSPS) is 25.5. The van der Waals surface area contributed by atoms with E-state index in [2.05, 4.69) is 20.5 Å². The third kappa shape index (κ3) is 6.49. The Morgan fingerprint density at radius 2 is 2.17 bits per heavy atom. The molecule has 1 aromatic carbocycles. The number of benzene rings is 1. The van der Waals surface area contributed by atoms with Crippen LogP contribution < -0.4 is 10.6 Å². The van der Waals surface area contributed by atoms with Crippen LogP contribution in [0.1, 0.15) is 44.2 Å². The molecule has 6 nitrogen and oxygen atoms in total. The monoisotopic (exact) mass is 438 g/mol. The first kappa shape index (κ1) is 23.2. The van der Waals surface area contributed by atoms with Crippen molar-refractivity contribution in [3.8, 4) is 0 Å². The summed E-state index contributed by atoms with van der Waals surface area (Å²) in [6, 6.07) is 7.15. The molecule has 1 aliphatic carbocycles. The molecule has 0 spiro atoms. The van der Waals surface area contributed by atoms with Gasteiger partial charge in [0.05, 0.1) is 19.3 Å². The van der Waals surface area contributed by atoms with Gasteiger partial charge in [-0.1, -0.05) is 25.5 Å². The van der Waals surface area contributed by atoms with E-state index in [1.165, 1.54) is 6.07 Å². The number of nitrogens with zero attached hydrogens (tertiary/aromatic N) is 2. The van der Waals surface area contributed by atoms with Gasteiger partial charge in [0.2, 0.25) is 0 Å². The highest BCUT2D eigenvalue weighted by molar-refractivity contribution is 7.85. The van der Waals surface area contributed by atoms with Crippen molar-refractivity contribution in [2.75, 3.05) is 45.6 Å². The average molecular weight is 439 g/mol. The van der Waals surface area contributed by atoms with E-state index in [-0.39, 0.29) is 23.2 Å². The molecule has 0 bridgehead atoms. The minimum absolute atomic E-state index is 0.0369. The van der Waals surface area contributed by atoms with Gasteiger partial charge in [-0.05, 0) is 37.0 Å². The molecule has 1 saturated carbocycles. The first-order valence-corrected chi connectivity index (χ1v) is 12.4. The largest absolute Gasteiger partial charge is 0.379 e. The maximum atomic E-state index is 13.9. The van der Waals surface area contributed by atoms with Crippen molar-refractivity contribution in [2.45, 2.75) is 49.9 Å². The summed E-state index contributed by atoms with van der Waals surface area (Å²) >= 11 is 0. The van der Waals surface area contributed by atoms with Gasteiger partial charge < -0.3 is 15.4 Å². The zero-order valence-corrected chi connectivity index (χ0v) is 18.9. The van der Waals surface area contributed by atoms with Crippen molar-refractivity contribution in [3.05, 3.63) is 35.6 Å². The number of hydrogen-bond donors (Lipinski definition) is 2. The minimum Gasteiger partial charge on any atom is -0.379 e. The number of ether oxygens (including phenoxy) is 1. The topological polar surface area (TPSA) is 66.0 Å². The highest BCUT2D eigenvalue weighted by atomic mass is 32.2. The van der Waals surface area contributed by atoms with Crippen molar-refractivity contribution in [2.24, 2.45) is 4.99 Å². The molecule has 30 heavy (non-hydrogen) atoms. The van der Waals surface area contributed by atoms with E-state index < -0.39 is 10.8 Å².